The van der Waals surface area contributed by atoms with E-state index in [1.807, 2.05) is 18.2 Å². The van der Waals surface area contributed by atoms with Crippen LogP contribution in [0.1, 0.15) is 93.4 Å². The number of rotatable bonds is 11. The summed E-state index contributed by atoms with van der Waals surface area (Å²) < 4.78 is 71.6. The number of halogens is 2. The average molecular weight is 843 g/mol. The Morgan fingerprint density at radius 3 is 2.52 bits per heavy atom. The van der Waals surface area contributed by atoms with Crippen LogP contribution in [-0.4, -0.2) is 90.4 Å². The van der Waals surface area contributed by atoms with Crippen LogP contribution < -0.4 is 20.1 Å². The Bertz CT molecular complexity index is 2450. The zero-order chi connectivity index (χ0) is 42.2. The van der Waals surface area contributed by atoms with E-state index in [4.69, 9.17) is 14.5 Å². The first-order valence-electron chi connectivity index (χ1n) is 20.5. The Labute approximate surface area is 347 Å². The number of hydrogen-bond donors (Lipinski definition) is 3. The van der Waals surface area contributed by atoms with Crippen LogP contribution in [0, 0.1) is 23.0 Å². The highest BCUT2D eigenvalue weighted by Gasteiger charge is 2.45. The largest absolute Gasteiger partial charge is 0.453 e. The van der Waals surface area contributed by atoms with Crippen LogP contribution in [0.15, 0.2) is 54.7 Å². The maximum Gasteiger partial charge on any atom is 0.301 e. The second-order valence-corrected chi connectivity index (χ2v) is 18.1. The molecule has 3 aromatic carbocycles. The summed E-state index contributed by atoms with van der Waals surface area (Å²) >= 11 is 0. The molecule has 1 aliphatic carbocycles. The van der Waals surface area contributed by atoms with Gasteiger partial charge in [0, 0.05) is 63.0 Å². The molecular formula is C43H48F2N8O6S. The summed E-state index contributed by atoms with van der Waals surface area (Å²) in [4.78, 5) is 35.7. The van der Waals surface area contributed by atoms with Crippen LogP contribution in [-0.2, 0) is 24.5 Å². The number of fused-ring (bicyclic) bond motifs is 1. The van der Waals surface area contributed by atoms with Crippen LogP contribution in [0.25, 0.3) is 11.0 Å². The van der Waals surface area contributed by atoms with E-state index >= 15 is 8.78 Å². The van der Waals surface area contributed by atoms with Crippen molar-refractivity contribution in [3.63, 3.8) is 0 Å². The Kier molecular flexibility index (Phi) is 11.7. The number of amides is 2. The van der Waals surface area contributed by atoms with E-state index in [0.717, 1.165) is 74.1 Å². The first kappa shape index (κ1) is 41.5. The van der Waals surface area contributed by atoms with Crippen molar-refractivity contribution >= 4 is 44.4 Å². The van der Waals surface area contributed by atoms with Gasteiger partial charge < -0.3 is 19.7 Å². The number of nitriles is 1. The molecule has 2 atom stereocenters. The normalized spacial score (nSPS) is 23.4. The summed E-state index contributed by atoms with van der Waals surface area (Å²) in [6.45, 7) is 4.20. The van der Waals surface area contributed by atoms with Crippen molar-refractivity contribution in [1.29, 1.82) is 5.26 Å². The van der Waals surface area contributed by atoms with Gasteiger partial charge in [0.2, 0.25) is 11.8 Å². The number of carbonyl (C=O) groups excluding carboxylic acids is 2. The van der Waals surface area contributed by atoms with Gasteiger partial charge in [0.05, 0.1) is 34.6 Å². The topological polar surface area (TPSA) is 179 Å². The number of nitrogens with zero attached hydrogens (tertiary/aromatic N) is 5. The summed E-state index contributed by atoms with van der Waals surface area (Å²) in [5.74, 6) is -1.81. The molecule has 0 radical (unpaired) electrons. The lowest BCUT2D eigenvalue weighted by molar-refractivity contribution is -0.133. The van der Waals surface area contributed by atoms with E-state index in [1.165, 1.54) is 19.2 Å². The van der Waals surface area contributed by atoms with Gasteiger partial charge in [-0.15, -0.1) is 0 Å². The molecule has 4 fully saturated rings. The fourth-order valence-corrected chi connectivity index (χ4v) is 9.98. The van der Waals surface area contributed by atoms with Crippen molar-refractivity contribution in [3.05, 3.63) is 83.2 Å². The second kappa shape index (κ2) is 17.0. The van der Waals surface area contributed by atoms with E-state index < -0.39 is 27.8 Å². The van der Waals surface area contributed by atoms with Crippen LogP contribution >= 0.6 is 0 Å². The number of anilines is 2. The highest BCUT2D eigenvalue weighted by molar-refractivity contribution is 7.90. The number of carbonyl (C=O) groups is 2. The smallest absolute Gasteiger partial charge is 0.301 e. The van der Waals surface area contributed by atoms with Gasteiger partial charge in [-0.05, 0) is 99.2 Å². The molecule has 60 heavy (non-hydrogen) atoms. The lowest BCUT2D eigenvalue weighted by atomic mass is 9.79. The third-order valence-electron chi connectivity index (χ3n) is 12.6. The Hall–Kier alpha value is -5.28. The summed E-state index contributed by atoms with van der Waals surface area (Å²) in [6, 6.07) is 14.0. The SMILES string of the molecule is CCN(C)S(=O)(=O)Nc1ccc(F)c(Oc2ccc3ncc([C@@H]4COC5(CCN(C6CCC(c7ccc(NC8CCC(=O)NC8=O)cc7F)CC6)CC5)C4)nc3c2)c1C#N. The predicted octanol–water partition coefficient (Wildman–Crippen LogP) is 6.46. The standard InChI is InChI=1S/C43H48F2N8O6S/c1-3-52(2)60(56,57)51-35-13-11-33(44)41(32(35)23-46)59-30-9-12-36-38(21-30)49-39(24-47-36)27-22-43(58-25-27)16-18-53(19-17-43)29-7-4-26(5-8-29)31-10-6-28(20-34(31)45)48-37-14-15-40(54)50-42(37)55/h6,9-13,20-21,24,26-27,29,37,48,51H,3-5,7-8,14-19,22,25H2,1-2H3,(H,50,54,55)/t26?,27-,29?,37?/m0/s1. The van der Waals surface area contributed by atoms with Crippen molar-refractivity contribution in [2.45, 2.75) is 94.2 Å². The van der Waals surface area contributed by atoms with Gasteiger partial charge in [-0.25, -0.2) is 13.8 Å². The molecule has 1 unspecified atom stereocenters. The summed E-state index contributed by atoms with van der Waals surface area (Å²) in [5, 5.41) is 15.3. The third-order valence-corrected chi connectivity index (χ3v) is 14.2. The van der Waals surface area contributed by atoms with E-state index in [1.54, 1.807) is 31.3 Å². The Morgan fingerprint density at radius 1 is 1.02 bits per heavy atom. The summed E-state index contributed by atoms with van der Waals surface area (Å²) in [6.07, 6.45) is 8.78. The minimum Gasteiger partial charge on any atom is -0.453 e. The van der Waals surface area contributed by atoms with Gasteiger partial charge >= 0.3 is 10.2 Å². The van der Waals surface area contributed by atoms with Crippen molar-refractivity contribution in [3.8, 4) is 17.6 Å². The molecule has 1 saturated carbocycles. The molecule has 0 bridgehead atoms. The van der Waals surface area contributed by atoms with Crippen molar-refractivity contribution in [2.75, 3.05) is 43.3 Å². The van der Waals surface area contributed by atoms with Gasteiger partial charge in [-0.3, -0.25) is 24.6 Å². The number of benzene rings is 3. The number of piperidine rings is 2. The first-order valence-corrected chi connectivity index (χ1v) is 22.0. The van der Waals surface area contributed by atoms with Crippen molar-refractivity contribution in [1.82, 2.24) is 24.5 Å². The van der Waals surface area contributed by atoms with Crippen LogP contribution in [0.4, 0.5) is 20.2 Å². The zero-order valence-electron chi connectivity index (χ0n) is 33.5. The molecule has 1 spiro atoms. The van der Waals surface area contributed by atoms with Crippen molar-refractivity contribution in [2.24, 2.45) is 0 Å². The van der Waals surface area contributed by atoms with Gasteiger partial charge in [0.25, 0.3) is 0 Å². The molecule has 14 nitrogen and oxygen atoms in total. The van der Waals surface area contributed by atoms with Crippen molar-refractivity contribution < 1.29 is 36.3 Å². The zero-order valence-corrected chi connectivity index (χ0v) is 34.4. The molecule has 4 aromatic rings. The molecule has 1 aromatic heterocycles. The highest BCUT2D eigenvalue weighted by Crippen LogP contribution is 2.45. The lowest BCUT2D eigenvalue weighted by Gasteiger charge is -2.44. The number of hydrogen-bond acceptors (Lipinski definition) is 11. The van der Waals surface area contributed by atoms with E-state index in [2.05, 4.69) is 25.2 Å². The minimum absolute atomic E-state index is 0.0302. The fourth-order valence-electron chi connectivity index (χ4n) is 9.04. The first-order chi connectivity index (χ1) is 28.8. The molecular weight excluding hydrogens is 795 g/mol. The summed E-state index contributed by atoms with van der Waals surface area (Å²) in [5.41, 5.74) is 2.50. The van der Waals surface area contributed by atoms with Gasteiger partial charge in [0.15, 0.2) is 11.6 Å². The number of nitrogens with one attached hydrogen (secondary N) is 3. The average Bonchev–Trinajstić information content (AvgIpc) is 3.66. The van der Waals surface area contributed by atoms with Crippen LogP contribution in [0.2, 0.25) is 0 Å². The quantitative estimate of drug-likeness (QED) is 0.141. The molecule has 316 valence electrons. The number of likely N-dealkylation sites (tertiary alicyclic amines) is 1. The van der Waals surface area contributed by atoms with E-state index in [9.17, 15) is 23.3 Å². The molecule has 8 rings (SSSR count). The monoisotopic (exact) mass is 842 g/mol. The van der Waals surface area contributed by atoms with Gasteiger partial charge in [-0.1, -0.05) is 13.0 Å². The fraction of sp³-hybridized carbons (Fsp3) is 0.465. The number of aromatic nitrogens is 2. The molecule has 2 amide bonds. The molecule has 4 aliphatic rings. The summed E-state index contributed by atoms with van der Waals surface area (Å²) in [7, 11) is -2.59. The highest BCUT2D eigenvalue weighted by atomic mass is 32.2. The maximum atomic E-state index is 15.3. The molecule has 17 heteroatoms. The minimum atomic E-state index is -3.98. The lowest BCUT2D eigenvalue weighted by Crippen LogP contribution is -2.48. The number of imide groups is 1. The third kappa shape index (κ3) is 8.65. The van der Waals surface area contributed by atoms with Gasteiger partial charge in [-0.2, -0.15) is 18.0 Å². The molecule has 3 aliphatic heterocycles. The molecule has 3 saturated heterocycles. The van der Waals surface area contributed by atoms with Crippen LogP contribution in [0.5, 0.6) is 11.5 Å². The van der Waals surface area contributed by atoms with Gasteiger partial charge in [0.1, 0.15) is 29.2 Å². The van der Waals surface area contributed by atoms with E-state index in [-0.39, 0.29) is 65.0 Å². The maximum absolute atomic E-state index is 15.3. The molecule has 3 N–H and O–H groups in total. The Balaban J connectivity index is 0.860. The van der Waals surface area contributed by atoms with Crippen LogP contribution in [0.3, 0.4) is 0 Å². The Morgan fingerprint density at radius 2 is 1.80 bits per heavy atom. The molecule has 4 heterocycles. The number of ether oxygens (including phenoxy) is 2. The second-order valence-electron chi connectivity index (χ2n) is 16.3. The predicted molar refractivity (Wildman–Crippen MR) is 220 cm³/mol. The van der Waals surface area contributed by atoms with E-state index in [0.29, 0.717) is 41.4 Å².